The summed E-state index contributed by atoms with van der Waals surface area (Å²) >= 11 is 0. The maximum absolute atomic E-state index is 12.5. The van der Waals surface area contributed by atoms with Crippen LogP contribution in [0.5, 0.6) is 0 Å². The second-order valence-corrected chi connectivity index (χ2v) is 5.63. The highest BCUT2D eigenvalue weighted by molar-refractivity contribution is 5.97. The van der Waals surface area contributed by atoms with Gasteiger partial charge in [-0.15, -0.1) is 0 Å². The van der Waals surface area contributed by atoms with Crippen LogP contribution < -0.4 is 0 Å². The molecule has 0 spiro atoms. The van der Waals surface area contributed by atoms with Crippen LogP contribution in [0.4, 0.5) is 13.2 Å². The van der Waals surface area contributed by atoms with Crippen LogP contribution in [0.1, 0.15) is 29.0 Å². The molecule has 0 N–H and O–H groups in total. The van der Waals surface area contributed by atoms with Crippen LogP contribution in [0.3, 0.4) is 0 Å². The highest BCUT2D eigenvalue weighted by atomic mass is 19.4. The van der Waals surface area contributed by atoms with Crippen molar-refractivity contribution in [3.63, 3.8) is 0 Å². The predicted octanol–water partition coefficient (Wildman–Crippen LogP) is 3.07. The molecule has 0 saturated heterocycles. The van der Waals surface area contributed by atoms with Crippen LogP contribution in [0.15, 0.2) is 42.7 Å². The number of ketones is 1. The fourth-order valence-corrected chi connectivity index (χ4v) is 2.31. The Hall–Kier alpha value is -2.64. The molecule has 2 aromatic rings. The lowest BCUT2D eigenvalue weighted by Gasteiger charge is -2.18. The molecule has 1 aromatic heterocycles. The number of alkyl halides is 3. The minimum atomic E-state index is -4.36. The number of aromatic nitrogens is 2. The van der Waals surface area contributed by atoms with Crippen molar-refractivity contribution >= 4 is 11.7 Å². The molecule has 0 unspecified atom stereocenters. The van der Waals surface area contributed by atoms with E-state index in [1.54, 1.807) is 30.3 Å². The van der Waals surface area contributed by atoms with Gasteiger partial charge in [-0.2, -0.15) is 13.2 Å². The Morgan fingerprint density at radius 1 is 1.16 bits per heavy atom. The predicted molar refractivity (Wildman–Crippen MR) is 84.8 cm³/mol. The Balaban J connectivity index is 1.89. The van der Waals surface area contributed by atoms with Gasteiger partial charge in [0.15, 0.2) is 5.78 Å². The van der Waals surface area contributed by atoms with Gasteiger partial charge in [0.05, 0.1) is 6.54 Å². The van der Waals surface area contributed by atoms with Crippen LogP contribution in [-0.2, 0) is 17.9 Å². The van der Waals surface area contributed by atoms with E-state index < -0.39 is 12.7 Å². The van der Waals surface area contributed by atoms with E-state index >= 15 is 0 Å². The van der Waals surface area contributed by atoms with Crippen molar-refractivity contribution in [1.82, 2.24) is 14.5 Å². The van der Waals surface area contributed by atoms with E-state index in [0.29, 0.717) is 5.56 Å². The summed E-state index contributed by atoms with van der Waals surface area (Å²) in [5.41, 5.74) is 0.527. The smallest absolute Gasteiger partial charge is 0.338 e. The van der Waals surface area contributed by atoms with Gasteiger partial charge < -0.3 is 9.47 Å². The Bertz CT molecular complexity index is 726. The number of carbonyl (C=O) groups is 2. The molecule has 0 aliphatic rings. The molecule has 1 heterocycles. The third-order valence-electron chi connectivity index (χ3n) is 3.62. The Labute approximate surface area is 143 Å². The number of carbonyl (C=O) groups excluding carboxylic acids is 2. The van der Waals surface area contributed by atoms with Crippen molar-refractivity contribution < 1.29 is 22.8 Å². The van der Waals surface area contributed by atoms with Crippen LogP contribution in [0.25, 0.3) is 0 Å². The largest absolute Gasteiger partial charge is 0.406 e. The van der Waals surface area contributed by atoms with Crippen LogP contribution >= 0.6 is 0 Å². The topological polar surface area (TPSA) is 55.2 Å². The molecule has 2 rings (SSSR count). The SMILES string of the molecule is CN(Cc1nccn1CC(F)(F)F)C(=O)CCC(=O)c1ccccc1. The minimum Gasteiger partial charge on any atom is -0.338 e. The number of amides is 1. The van der Waals surface area contributed by atoms with Gasteiger partial charge in [0.2, 0.25) is 5.91 Å². The summed E-state index contributed by atoms with van der Waals surface area (Å²) in [5, 5.41) is 0. The lowest BCUT2D eigenvalue weighted by molar-refractivity contribution is -0.141. The van der Waals surface area contributed by atoms with Gasteiger partial charge in [0.1, 0.15) is 12.4 Å². The van der Waals surface area contributed by atoms with E-state index in [1.165, 1.54) is 24.3 Å². The molecule has 134 valence electrons. The van der Waals surface area contributed by atoms with Gasteiger partial charge in [0, 0.05) is 37.8 Å². The van der Waals surface area contributed by atoms with E-state index in [-0.39, 0.29) is 36.9 Å². The molecule has 1 amide bonds. The van der Waals surface area contributed by atoms with Crippen molar-refractivity contribution in [2.24, 2.45) is 0 Å². The van der Waals surface area contributed by atoms with Crippen LogP contribution in [0, 0.1) is 0 Å². The summed E-state index contributed by atoms with van der Waals surface area (Å²) in [6, 6.07) is 8.61. The molecule has 0 atom stereocenters. The van der Waals surface area contributed by atoms with Gasteiger partial charge >= 0.3 is 6.18 Å². The molecule has 8 heteroatoms. The molecular weight excluding hydrogens is 335 g/mol. The molecule has 0 fully saturated rings. The lowest BCUT2D eigenvalue weighted by Crippen LogP contribution is -2.29. The van der Waals surface area contributed by atoms with Crippen molar-refractivity contribution in [3.05, 3.63) is 54.1 Å². The zero-order valence-corrected chi connectivity index (χ0v) is 13.7. The third kappa shape index (κ3) is 5.74. The van der Waals surface area contributed by atoms with Crippen molar-refractivity contribution in [2.45, 2.75) is 32.1 Å². The summed E-state index contributed by atoms with van der Waals surface area (Å²) in [4.78, 5) is 29.2. The summed E-state index contributed by atoms with van der Waals surface area (Å²) in [6.07, 6.45) is -1.84. The molecule has 0 aliphatic heterocycles. The normalized spacial score (nSPS) is 11.4. The van der Waals surface area contributed by atoms with Gasteiger partial charge in [-0.25, -0.2) is 4.98 Å². The van der Waals surface area contributed by atoms with Gasteiger partial charge in [-0.05, 0) is 0 Å². The Kier molecular flexibility index (Phi) is 5.95. The fraction of sp³-hybridized carbons (Fsp3) is 0.353. The van der Waals surface area contributed by atoms with E-state index in [0.717, 1.165) is 4.57 Å². The first-order valence-corrected chi connectivity index (χ1v) is 7.65. The molecule has 0 bridgehead atoms. The number of hydrogen-bond acceptors (Lipinski definition) is 3. The zero-order chi connectivity index (χ0) is 18.4. The van der Waals surface area contributed by atoms with Crippen molar-refractivity contribution in [3.8, 4) is 0 Å². The van der Waals surface area contributed by atoms with Gasteiger partial charge in [-0.3, -0.25) is 9.59 Å². The quantitative estimate of drug-likeness (QED) is 0.719. The zero-order valence-electron chi connectivity index (χ0n) is 13.7. The Morgan fingerprint density at radius 2 is 1.84 bits per heavy atom. The average Bonchev–Trinajstić information content (AvgIpc) is 2.97. The highest BCUT2D eigenvalue weighted by Crippen LogP contribution is 2.18. The summed E-state index contributed by atoms with van der Waals surface area (Å²) < 4.78 is 38.5. The maximum Gasteiger partial charge on any atom is 0.406 e. The highest BCUT2D eigenvalue weighted by Gasteiger charge is 2.29. The second kappa shape index (κ2) is 7.96. The van der Waals surface area contributed by atoms with Gasteiger partial charge in [-0.1, -0.05) is 30.3 Å². The van der Waals surface area contributed by atoms with Gasteiger partial charge in [0.25, 0.3) is 0 Å². The number of benzene rings is 1. The van der Waals surface area contributed by atoms with E-state index in [9.17, 15) is 22.8 Å². The third-order valence-corrected chi connectivity index (χ3v) is 3.62. The number of imidazole rings is 1. The fourth-order valence-electron chi connectivity index (χ4n) is 2.31. The lowest BCUT2D eigenvalue weighted by atomic mass is 10.1. The number of Topliss-reactive ketones (excluding diaryl/α,β-unsaturated/α-hetero) is 1. The monoisotopic (exact) mass is 353 g/mol. The van der Waals surface area contributed by atoms with Crippen molar-refractivity contribution in [2.75, 3.05) is 7.05 Å². The first kappa shape index (κ1) is 18.7. The average molecular weight is 353 g/mol. The molecular formula is C17H18F3N3O2. The summed E-state index contributed by atoms with van der Waals surface area (Å²) in [6.45, 7) is -1.21. The first-order chi connectivity index (χ1) is 11.8. The minimum absolute atomic E-state index is 0.00972. The van der Waals surface area contributed by atoms with Crippen molar-refractivity contribution in [1.29, 1.82) is 0 Å². The van der Waals surface area contributed by atoms with E-state index in [2.05, 4.69) is 4.98 Å². The maximum atomic E-state index is 12.5. The summed E-state index contributed by atoms with van der Waals surface area (Å²) in [7, 11) is 1.47. The first-order valence-electron chi connectivity index (χ1n) is 7.65. The Morgan fingerprint density at radius 3 is 2.48 bits per heavy atom. The molecule has 0 saturated carbocycles. The van der Waals surface area contributed by atoms with E-state index in [4.69, 9.17) is 0 Å². The van der Waals surface area contributed by atoms with E-state index in [1.807, 2.05) is 0 Å². The molecule has 0 radical (unpaired) electrons. The number of halogens is 3. The molecule has 25 heavy (non-hydrogen) atoms. The number of rotatable bonds is 7. The number of hydrogen-bond donors (Lipinski definition) is 0. The molecule has 1 aromatic carbocycles. The summed E-state index contributed by atoms with van der Waals surface area (Å²) in [5.74, 6) is -0.339. The second-order valence-electron chi connectivity index (χ2n) is 5.63. The van der Waals surface area contributed by atoms with Crippen LogP contribution in [-0.4, -0.2) is 39.4 Å². The molecule has 0 aliphatic carbocycles. The number of nitrogens with zero attached hydrogens (tertiary/aromatic N) is 3. The van der Waals surface area contributed by atoms with Crippen LogP contribution in [0.2, 0.25) is 0 Å². The standard InChI is InChI=1S/C17H18F3N3O2/c1-22(11-15-21-9-10-23(15)12-17(18,19)20)16(25)8-7-14(24)13-5-3-2-4-6-13/h2-6,9-10H,7-8,11-12H2,1H3. The molecule has 5 nitrogen and oxygen atoms in total.